The molecule has 0 atom stereocenters. The molecule has 0 saturated heterocycles. The van der Waals surface area contributed by atoms with Crippen LogP contribution < -0.4 is 9.47 Å². The molecule has 0 saturated carbocycles. The molecule has 0 aliphatic carbocycles. The van der Waals surface area contributed by atoms with Crippen LogP contribution >= 0.6 is 0 Å². The van der Waals surface area contributed by atoms with Crippen molar-refractivity contribution in [3.05, 3.63) is 59.7 Å². The molecule has 1 aliphatic heterocycles. The largest absolute Gasteiger partial charge is 0.493 e. The number of ether oxygens (including phenoxy) is 2. The molecule has 0 spiro atoms. The Morgan fingerprint density at radius 3 is 2.80 bits per heavy atom. The van der Waals surface area contributed by atoms with Gasteiger partial charge in [0.1, 0.15) is 23.8 Å². The molecule has 0 bridgehead atoms. The molecule has 1 heterocycles. The van der Waals surface area contributed by atoms with E-state index < -0.39 is 0 Å². The zero-order chi connectivity index (χ0) is 13.8. The Morgan fingerprint density at radius 2 is 2.00 bits per heavy atom. The summed E-state index contributed by atoms with van der Waals surface area (Å²) in [7, 11) is 0. The van der Waals surface area contributed by atoms with Gasteiger partial charge in [-0.25, -0.2) is 0 Å². The molecular formula is C16H15NO3. The van der Waals surface area contributed by atoms with E-state index in [0.717, 1.165) is 17.7 Å². The number of hydrogen-bond acceptors (Lipinski definition) is 4. The first-order valence-corrected chi connectivity index (χ1v) is 6.52. The summed E-state index contributed by atoms with van der Waals surface area (Å²) in [6.45, 7) is 0.920. The molecule has 0 amide bonds. The third kappa shape index (κ3) is 2.59. The number of oxime groups is 1. The summed E-state index contributed by atoms with van der Waals surface area (Å²) >= 11 is 0. The minimum absolute atomic E-state index is 0.305. The zero-order valence-corrected chi connectivity index (χ0v) is 11.0. The average Bonchev–Trinajstić information content (AvgIpc) is 2.90. The SMILES string of the molecule is ON=C1COc2cc(OCCc3ccccc3)ccc21. The molecule has 0 fully saturated rings. The summed E-state index contributed by atoms with van der Waals surface area (Å²) in [5.41, 5.74) is 2.62. The smallest absolute Gasteiger partial charge is 0.134 e. The quantitative estimate of drug-likeness (QED) is 0.686. The van der Waals surface area contributed by atoms with Gasteiger partial charge in [0.2, 0.25) is 0 Å². The molecule has 0 unspecified atom stereocenters. The lowest BCUT2D eigenvalue weighted by Crippen LogP contribution is -2.02. The molecule has 3 rings (SSSR count). The Labute approximate surface area is 117 Å². The molecule has 1 N–H and O–H groups in total. The van der Waals surface area contributed by atoms with Crippen LogP contribution in [0.1, 0.15) is 11.1 Å². The first-order chi connectivity index (χ1) is 9.86. The van der Waals surface area contributed by atoms with Crippen molar-refractivity contribution in [3.8, 4) is 11.5 Å². The van der Waals surface area contributed by atoms with Gasteiger partial charge in [0.25, 0.3) is 0 Å². The van der Waals surface area contributed by atoms with Crippen molar-refractivity contribution >= 4 is 5.71 Å². The van der Waals surface area contributed by atoms with Gasteiger partial charge in [0.15, 0.2) is 0 Å². The molecule has 20 heavy (non-hydrogen) atoms. The van der Waals surface area contributed by atoms with Crippen molar-refractivity contribution in [1.82, 2.24) is 0 Å². The second-order valence-electron chi connectivity index (χ2n) is 4.58. The molecule has 102 valence electrons. The Morgan fingerprint density at radius 1 is 1.15 bits per heavy atom. The van der Waals surface area contributed by atoms with E-state index in [2.05, 4.69) is 17.3 Å². The minimum Gasteiger partial charge on any atom is -0.493 e. The maximum Gasteiger partial charge on any atom is 0.134 e. The maximum atomic E-state index is 8.83. The number of fused-ring (bicyclic) bond motifs is 1. The maximum absolute atomic E-state index is 8.83. The lowest BCUT2D eigenvalue weighted by molar-refractivity contribution is 0.312. The molecular weight excluding hydrogens is 254 g/mol. The fourth-order valence-corrected chi connectivity index (χ4v) is 2.19. The van der Waals surface area contributed by atoms with E-state index in [-0.39, 0.29) is 0 Å². The molecule has 4 heteroatoms. The number of rotatable bonds is 4. The van der Waals surface area contributed by atoms with Crippen molar-refractivity contribution in [3.63, 3.8) is 0 Å². The van der Waals surface area contributed by atoms with E-state index in [1.54, 1.807) is 0 Å². The van der Waals surface area contributed by atoms with E-state index in [1.807, 2.05) is 36.4 Å². The van der Waals surface area contributed by atoms with Crippen molar-refractivity contribution in [2.75, 3.05) is 13.2 Å². The van der Waals surface area contributed by atoms with Crippen LogP contribution in [0.4, 0.5) is 0 Å². The van der Waals surface area contributed by atoms with Gasteiger partial charge in [-0.2, -0.15) is 0 Å². The highest BCUT2D eigenvalue weighted by Crippen LogP contribution is 2.29. The van der Waals surface area contributed by atoms with Gasteiger partial charge < -0.3 is 14.7 Å². The third-order valence-electron chi connectivity index (χ3n) is 3.25. The molecule has 2 aromatic carbocycles. The second-order valence-corrected chi connectivity index (χ2v) is 4.58. The number of benzene rings is 2. The van der Waals surface area contributed by atoms with Crippen molar-refractivity contribution in [1.29, 1.82) is 0 Å². The van der Waals surface area contributed by atoms with Gasteiger partial charge in [-0.3, -0.25) is 0 Å². The highest BCUT2D eigenvalue weighted by atomic mass is 16.5. The number of nitrogens with zero attached hydrogens (tertiary/aromatic N) is 1. The van der Waals surface area contributed by atoms with Gasteiger partial charge in [0.05, 0.1) is 6.61 Å². The van der Waals surface area contributed by atoms with E-state index >= 15 is 0 Å². The average molecular weight is 269 g/mol. The summed E-state index contributed by atoms with van der Waals surface area (Å²) in [6, 6.07) is 15.8. The Balaban J connectivity index is 1.62. The van der Waals surface area contributed by atoms with Gasteiger partial charge in [-0.15, -0.1) is 0 Å². The lowest BCUT2D eigenvalue weighted by atomic mass is 10.1. The highest BCUT2D eigenvalue weighted by molar-refractivity contribution is 6.05. The van der Waals surface area contributed by atoms with Crippen LogP contribution in [0.15, 0.2) is 53.7 Å². The summed E-state index contributed by atoms with van der Waals surface area (Å²) in [6.07, 6.45) is 0.863. The van der Waals surface area contributed by atoms with Crippen molar-refractivity contribution < 1.29 is 14.7 Å². The van der Waals surface area contributed by atoms with E-state index in [1.165, 1.54) is 5.56 Å². The fourth-order valence-electron chi connectivity index (χ4n) is 2.19. The predicted molar refractivity (Wildman–Crippen MR) is 75.9 cm³/mol. The summed E-state index contributed by atoms with van der Waals surface area (Å²) in [5.74, 6) is 1.47. The number of hydrogen-bond donors (Lipinski definition) is 1. The summed E-state index contributed by atoms with van der Waals surface area (Å²) in [4.78, 5) is 0. The monoisotopic (exact) mass is 269 g/mol. The molecule has 0 radical (unpaired) electrons. The Hall–Kier alpha value is -2.49. The van der Waals surface area contributed by atoms with Crippen LogP contribution in [-0.4, -0.2) is 24.1 Å². The summed E-state index contributed by atoms with van der Waals surface area (Å²) in [5, 5.41) is 12.0. The topological polar surface area (TPSA) is 51.1 Å². The van der Waals surface area contributed by atoms with Crippen LogP contribution in [-0.2, 0) is 6.42 Å². The van der Waals surface area contributed by atoms with E-state index in [9.17, 15) is 0 Å². The van der Waals surface area contributed by atoms with Gasteiger partial charge in [0, 0.05) is 18.1 Å². The van der Waals surface area contributed by atoms with Crippen LogP contribution in [0.5, 0.6) is 11.5 Å². The summed E-state index contributed by atoms with van der Waals surface area (Å²) < 4.78 is 11.2. The highest BCUT2D eigenvalue weighted by Gasteiger charge is 2.20. The van der Waals surface area contributed by atoms with Gasteiger partial charge in [-0.05, 0) is 17.7 Å². The van der Waals surface area contributed by atoms with Crippen LogP contribution in [0.25, 0.3) is 0 Å². The Kier molecular flexibility index (Phi) is 3.54. The van der Waals surface area contributed by atoms with Crippen molar-refractivity contribution in [2.24, 2.45) is 5.16 Å². The van der Waals surface area contributed by atoms with E-state index in [4.69, 9.17) is 14.7 Å². The molecule has 2 aromatic rings. The van der Waals surface area contributed by atoms with Gasteiger partial charge in [-0.1, -0.05) is 35.5 Å². The van der Waals surface area contributed by atoms with E-state index in [0.29, 0.717) is 24.7 Å². The predicted octanol–water partition coefficient (Wildman–Crippen LogP) is 2.88. The lowest BCUT2D eigenvalue weighted by Gasteiger charge is -2.07. The minimum atomic E-state index is 0.305. The molecule has 4 nitrogen and oxygen atoms in total. The van der Waals surface area contributed by atoms with Gasteiger partial charge >= 0.3 is 0 Å². The van der Waals surface area contributed by atoms with Crippen LogP contribution in [0, 0.1) is 0 Å². The first-order valence-electron chi connectivity index (χ1n) is 6.52. The fraction of sp³-hybridized carbons (Fsp3) is 0.188. The normalized spacial score (nSPS) is 14.9. The second kappa shape index (κ2) is 5.65. The Bertz CT molecular complexity index is 623. The molecule has 0 aromatic heterocycles. The molecule has 1 aliphatic rings. The first kappa shape index (κ1) is 12.5. The standard InChI is InChI=1S/C16H15NO3/c18-17-15-11-20-16-10-13(6-7-14(15)16)19-9-8-12-4-2-1-3-5-12/h1-7,10,18H,8-9,11H2. The van der Waals surface area contributed by atoms with Crippen LogP contribution in [0.3, 0.4) is 0 Å². The van der Waals surface area contributed by atoms with Crippen LogP contribution in [0.2, 0.25) is 0 Å². The zero-order valence-electron chi connectivity index (χ0n) is 11.0. The third-order valence-corrected chi connectivity index (χ3v) is 3.25. The van der Waals surface area contributed by atoms with Crippen molar-refractivity contribution in [2.45, 2.75) is 6.42 Å².